The summed E-state index contributed by atoms with van der Waals surface area (Å²) in [6.45, 7) is 0.318. The van der Waals surface area contributed by atoms with Gasteiger partial charge in [0.2, 0.25) is 0 Å². The van der Waals surface area contributed by atoms with Crippen LogP contribution in [0.2, 0.25) is 0 Å². The minimum absolute atomic E-state index is 0.318. The molecule has 0 aromatic carbocycles. The minimum Gasteiger partial charge on any atom is -0.396 e. The van der Waals surface area contributed by atoms with Crippen molar-refractivity contribution in [3.8, 4) is 0 Å². The summed E-state index contributed by atoms with van der Waals surface area (Å²) in [7, 11) is 1.76. The molecule has 1 spiro atoms. The lowest BCUT2D eigenvalue weighted by atomic mass is 10.0. The van der Waals surface area contributed by atoms with Crippen LogP contribution in [0.4, 0.5) is 0 Å². The Morgan fingerprint density at radius 2 is 2.09 bits per heavy atom. The predicted octanol–water partition coefficient (Wildman–Crippen LogP) is 1.18. The molecule has 0 aliphatic heterocycles. The maximum absolute atomic E-state index is 9.05. The van der Waals surface area contributed by atoms with Gasteiger partial charge in [0.15, 0.2) is 0 Å². The third kappa shape index (κ3) is 0.859. The van der Waals surface area contributed by atoms with Crippen molar-refractivity contribution in [1.29, 1.82) is 0 Å². The van der Waals surface area contributed by atoms with E-state index in [0.29, 0.717) is 24.0 Å². The number of hydrogen-bond donors (Lipinski definition) is 1. The number of rotatable bonds is 2. The van der Waals surface area contributed by atoms with Crippen molar-refractivity contribution in [2.45, 2.75) is 31.8 Å². The molecule has 1 N–H and O–H groups in total. The summed E-state index contributed by atoms with van der Waals surface area (Å²) in [5.74, 6) is 0.454. The smallest absolute Gasteiger partial charge is 0.0688 e. The van der Waals surface area contributed by atoms with Gasteiger partial charge in [-0.15, -0.1) is 0 Å². The Labute approximate surface area is 67.6 Å². The standard InChI is InChI=1S/C9H16O2/c1-11-8-7(6-10)9(8)4-2-3-5-9/h7-8,10H,2-6H2,1H3. The van der Waals surface area contributed by atoms with Gasteiger partial charge >= 0.3 is 0 Å². The van der Waals surface area contributed by atoms with Crippen LogP contribution in [-0.2, 0) is 4.74 Å². The van der Waals surface area contributed by atoms with E-state index in [1.54, 1.807) is 7.11 Å². The zero-order chi connectivity index (χ0) is 7.90. The summed E-state index contributed by atoms with van der Waals surface area (Å²) in [5.41, 5.74) is 0.406. The highest BCUT2D eigenvalue weighted by Crippen LogP contribution is 2.63. The van der Waals surface area contributed by atoms with Gasteiger partial charge < -0.3 is 9.84 Å². The highest BCUT2D eigenvalue weighted by molar-refractivity contribution is 5.13. The van der Waals surface area contributed by atoms with E-state index in [2.05, 4.69) is 0 Å². The van der Waals surface area contributed by atoms with Gasteiger partial charge in [0.1, 0.15) is 0 Å². The van der Waals surface area contributed by atoms with Gasteiger partial charge in [-0.3, -0.25) is 0 Å². The monoisotopic (exact) mass is 156 g/mol. The summed E-state index contributed by atoms with van der Waals surface area (Å²) < 4.78 is 5.34. The van der Waals surface area contributed by atoms with Gasteiger partial charge in [-0.25, -0.2) is 0 Å². The van der Waals surface area contributed by atoms with Gasteiger partial charge in [-0.05, 0) is 12.8 Å². The number of ether oxygens (including phenoxy) is 1. The van der Waals surface area contributed by atoms with Crippen LogP contribution in [0.1, 0.15) is 25.7 Å². The fourth-order valence-electron chi connectivity index (χ4n) is 2.90. The fraction of sp³-hybridized carbons (Fsp3) is 1.00. The van der Waals surface area contributed by atoms with E-state index >= 15 is 0 Å². The topological polar surface area (TPSA) is 29.5 Å². The number of hydrogen-bond acceptors (Lipinski definition) is 2. The molecule has 64 valence electrons. The Bertz CT molecular complexity index is 138. The molecule has 2 aliphatic carbocycles. The molecule has 0 radical (unpaired) electrons. The molecule has 0 aromatic rings. The van der Waals surface area contributed by atoms with Crippen molar-refractivity contribution in [1.82, 2.24) is 0 Å². The first-order valence-electron chi connectivity index (χ1n) is 4.49. The first kappa shape index (κ1) is 7.56. The Morgan fingerprint density at radius 3 is 2.45 bits per heavy atom. The highest BCUT2D eigenvalue weighted by Gasteiger charge is 2.65. The van der Waals surface area contributed by atoms with Crippen LogP contribution in [0.15, 0.2) is 0 Å². The SMILES string of the molecule is COC1C(CO)C12CCCC2. The number of methoxy groups -OCH3 is 1. The van der Waals surface area contributed by atoms with Gasteiger partial charge in [0, 0.05) is 25.0 Å². The normalized spacial score (nSPS) is 39.8. The lowest BCUT2D eigenvalue weighted by molar-refractivity contribution is 0.135. The molecule has 0 heterocycles. The van der Waals surface area contributed by atoms with E-state index in [4.69, 9.17) is 9.84 Å². The van der Waals surface area contributed by atoms with Crippen LogP contribution in [0.5, 0.6) is 0 Å². The molecular formula is C9H16O2. The molecule has 2 aliphatic rings. The predicted molar refractivity (Wildman–Crippen MR) is 42.3 cm³/mol. The Kier molecular flexibility index (Phi) is 1.69. The van der Waals surface area contributed by atoms with Crippen molar-refractivity contribution < 1.29 is 9.84 Å². The average molecular weight is 156 g/mol. The summed E-state index contributed by atoms with van der Waals surface area (Å²) in [5, 5.41) is 9.05. The highest BCUT2D eigenvalue weighted by atomic mass is 16.5. The van der Waals surface area contributed by atoms with Crippen LogP contribution < -0.4 is 0 Å². The van der Waals surface area contributed by atoms with Crippen LogP contribution >= 0.6 is 0 Å². The van der Waals surface area contributed by atoms with Gasteiger partial charge in [0.05, 0.1) is 6.10 Å². The largest absolute Gasteiger partial charge is 0.396 e. The van der Waals surface area contributed by atoms with E-state index in [0.717, 1.165) is 0 Å². The second-order valence-electron chi connectivity index (χ2n) is 3.89. The summed E-state index contributed by atoms with van der Waals surface area (Å²) in [4.78, 5) is 0. The molecule has 0 saturated heterocycles. The quantitative estimate of drug-likeness (QED) is 0.650. The molecular weight excluding hydrogens is 140 g/mol. The maximum Gasteiger partial charge on any atom is 0.0688 e. The van der Waals surface area contributed by atoms with Crippen molar-refractivity contribution >= 4 is 0 Å². The number of aliphatic hydroxyl groups excluding tert-OH is 1. The molecule has 0 bridgehead atoms. The lowest BCUT2D eigenvalue weighted by Gasteiger charge is -2.05. The van der Waals surface area contributed by atoms with Crippen LogP contribution in [0, 0.1) is 11.3 Å². The van der Waals surface area contributed by atoms with Crippen molar-refractivity contribution in [2.24, 2.45) is 11.3 Å². The maximum atomic E-state index is 9.05. The summed E-state index contributed by atoms with van der Waals surface area (Å²) >= 11 is 0. The third-order valence-electron chi connectivity index (χ3n) is 3.55. The Hall–Kier alpha value is -0.0800. The van der Waals surface area contributed by atoms with Gasteiger partial charge in [-0.1, -0.05) is 12.8 Å². The molecule has 2 heteroatoms. The molecule has 2 nitrogen and oxygen atoms in total. The summed E-state index contributed by atoms with van der Waals surface area (Å²) in [6.07, 6.45) is 5.58. The molecule has 2 unspecified atom stereocenters. The zero-order valence-corrected chi connectivity index (χ0v) is 7.05. The van der Waals surface area contributed by atoms with E-state index in [1.165, 1.54) is 25.7 Å². The number of aliphatic hydroxyl groups is 1. The summed E-state index contributed by atoms with van der Waals surface area (Å²) in [6, 6.07) is 0. The van der Waals surface area contributed by atoms with E-state index in [-0.39, 0.29) is 0 Å². The van der Waals surface area contributed by atoms with E-state index in [9.17, 15) is 0 Å². The van der Waals surface area contributed by atoms with Crippen molar-refractivity contribution in [3.63, 3.8) is 0 Å². The van der Waals surface area contributed by atoms with E-state index < -0.39 is 0 Å². The van der Waals surface area contributed by atoms with Crippen molar-refractivity contribution in [2.75, 3.05) is 13.7 Å². The first-order valence-corrected chi connectivity index (χ1v) is 4.49. The average Bonchev–Trinajstić information content (AvgIpc) is 2.39. The zero-order valence-electron chi connectivity index (χ0n) is 7.05. The molecule has 2 saturated carbocycles. The first-order chi connectivity index (χ1) is 5.35. The van der Waals surface area contributed by atoms with Gasteiger partial charge in [0.25, 0.3) is 0 Å². The van der Waals surface area contributed by atoms with Crippen LogP contribution in [-0.4, -0.2) is 24.9 Å². The third-order valence-corrected chi connectivity index (χ3v) is 3.55. The van der Waals surface area contributed by atoms with Crippen LogP contribution in [0.3, 0.4) is 0 Å². The van der Waals surface area contributed by atoms with Crippen LogP contribution in [0.25, 0.3) is 0 Å². The molecule has 0 amide bonds. The second-order valence-corrected chi connectivity index (χ2v) is 3.89. The molecule has 2 rings (SSSR count). The minimum atomic E-state index is 0.318. The fourth-order valence-corrected chi connectivity index (χ4v) is 2.90. The molecule has 11 heavy (non-hydrogen) atoms. The molecule has 2 atom stereocenters. The molecule has 2 fully saturated rings. The lowest BCUT2D eigenvalue weighted by Crippen LogP contribution is -2.02. The Morgan fingerprint density at radius 1 is 1.45 bits per heavy atom. The Balaban J connectivity index is 2.04. The van der Waals surface area contributed by atoms with E-state index in [1.807, 2.05) is 0 Å². The van der Waals surface area contributed by atoms with Crippen molar-refractivity contribution in [3.05, 3.63) is 0 Å². The molecule has 0 aromatic heterocycles. The second kappa shape index (κ2) is 2.46. The van der Waals surface area contributed by atoms with Gasteiger partial charge in [-0.2, -0.15) is 0 Å².